The predicted molar refractivity (Wildman–Crippen MR) is 73.4 cm³/mol. The van der Waals surface area contributed by atoms with E-state index in [0.29, 0.717) is 23.7 Å². The Morgan fingerprint density at radius 3 is 1.95 bits per heavy atom. The van der Waals surface area contributed by atoms with Gasteiger partial charge in [0.15, 0.2) is 0 Å². The molecule has 6 aliphatic rings. The summed E-state index contributed by atoms with van der Waals surface area (Å²) in [4.78, 5) is 27.5. The fraction of sp³-hybridized carbons (Fsp3) is 0.765. The maximum absolute atomic E-state index is 12.9. The molecule has 106 valence electrons. The monoisotopic (exact) mass is 271 g/mol. The van der Waals surface area contributed by atoms with Gasteiger partial charge in [-0.15, -0.1) is 0 Å². The molecule has 0 aromatic carbocycles. The Morgan fingerprint density at radius 2 is 1.40 bits per heavy atom. The molecule has 4 fully saturated rings. The summed E-state index contributed by atoms with van der Waals surface area (Å²) in [6.07, 6.45) is 11.4. The zero-order valence-electron chi connectivity index (χ0n) is 11.7. The maximum Gasteiger partial charge on any atom is 0.233 e. The molecule has 3 saturated carbocycles. The van der Waals surface area contributed by atoms with E-state index >= 15 is 0 Å². The molecule has 6 rings (SSSR count). The number of nitrogens with zero attached hydrogens (tertiary/aromatic N) is 1. The first-order valence-corrected chi connectivity index (χ1v) is 8.32. The van der Waals surface area contributed by atoms with Gasteiger partial charge in [0.05, 0.1) is 11.8 Å². The lowest BCUT2D eigenvalue weighted by molar-refractivity contribution is -0.143. The lowest BCUT2D eigenvalue weighted by atomic mass is 9.63. The van der Waals surface area contributed by atoms with Crippen LogP contribution in [0.1, 0.15) is 38.5 Å². The van der Waals surface area contributed by atoms with E-state index in [1.54, 1.807) is 4.90 Å². The van der Waals surface area contributed by atoms with Crippen LogP contribution in [0, 0.1) is 35.5 Å². The lowest BCUT2D eigenvalue weighted by Crippen LogP contribution is -2.42. The normalized spacial score (nSPS) is 49.5. The summed E-state index contributed by atoms with van der Waals surface area (Å²) in [5.74, 6) is 2.54. The van der Waals surface area contributed by atoms with Gasteiger partial charge in [-0.2, -0.15) is 0 Å². The second-order valence-corrected chi connectivity index (χ2v) is 7.49. The van der Waals surface area contributed by atoms with Crippen LogP contribution in [0.15, 0.2) is 12.2 Å². The Bertz CT molecular complexity index is 483. The quantitative estimate of drug-likeness (QED) is 0.542. The summed E-state index contributed by atoms with van der Waals surface area (Å²) in [7, 11) is 0. The molecule has 3 heteroatoms. The van der Waals surface area contributed by atoms with Gasteiger partial charge in [-0.25, -0.2) is 0 Å². The number of rotatable bonds is 1. The molecule has 2 bridgehead atoms. The van der Waals surface area contributed by atoms with Crippen molar-refractivity contribution in [1.82, 2.24) is 4.90 Å². The van der Waals surface area contributed by atoms with Crippen molar-refractivity contribution in [3.05, 3.63) is 12.2 Å². The zero-order chi connectivity index (χ0) is 13.4. The van der Waals surface area contributed by atoms with Crippen LogP contribution >= 0.6 is 0 Å². The smallest absolute Gasteiger partial charge is 0.233 e. The molecule has 1 aliphatic heterocycles. The summed E-state index contributed by atoms with van der Waals surface area (Å²) < 4.78 is 0. The summed E-state index contributed by atoms with van der Waals surface area (Å²) in [6, 6.07) is 0.213. The fourth-order valence-corrected chi connectivity index (χ4v) is 5.68. The highest BCUT2D eigenvalue weighted by Gasteiger charge is 2.67. The third kappa shape index (κ3) is 1.27. The van der Waals surface area contributed by atoms with Crippen LogP contribution in [-0.2, 0) is 9.59 Å². The molecule has 1 saturated heterocycles. The van der Waals surface area contributed by atoms with Crippen LogP contribution < -0.4 is 0 Å². The van der Waals surface area contributed by atoms with Crippen LogP contribution in [0.2, 0.25) is 0 Å². The number of hydrogen-bond donors (Lipinski definition) is 0. The number of amides is 2. The summed E-state index contributed by atoms with van der Waals surface area (Å²) in [5.41, 5.74) is 0. The van der Waals surface area contributed by atoms with Crippen LogP contribution in [0.3, 0.4) is 0 Å². The van der Waals surface area contributed by atoms with Crippen molar-refractivity contribution in [2.24, 2.45) is 35.5 Å². The van der Waals surface area contributed by atoms with E-state index in [2.05, 4.69) is 12.2 Å². The van der Waals surface area contributed by atoms with Gasteiger partial charge in [0.2, 0.25) is 11.8 Å². The number of carbonyl (C=O) groups is 2. The standard InChI is InChI=1S/C17H21NO2/c19-16-14-10-6-7-11(13-8-12(10)13)15(14)17(20)18(16)9-4-2-1-3-5-9/h6-7,9-15H,1-5,8H2/t10-,11+,12+,13-,14-,15+. The molecule has 20 heavy (non-hydrogen) atoms. The number of likely N-dealkylation sites (tertiary alicyclic amines) is 1. The fourth-order valence-electron chi connectivity index (χ4n) is 5.68. The van der Waals surface area contributed by atoms with Crippen molar-refractivity contribution < 1.29 is 9.59 Å². The van der Waals surface area contributed by atoms with Gasteiger partial charge in [0.1, 0.15) is 0 Å². The van der Waals surface area contributed by atoms with Crippen LogP contribution in [0.5, 0.6) is 0 Å². The summed E-state index contributed by atoms with van der Waals surface area (Å²) >= 11 is 0. The highest BCUT2D eigenvalue weighted by atomic mass is 16.2. The minimum Gasteiger partial charge on any atom is -0.279 e. The summed E-state index contributed by atoms with van der Waals surface area (Å²) in [6.45, 7) is 0. The molecule has 0 radical (unpaired) electrons. The van der Waals surface area contributed by atoms with E-state index in [-0.39, 0.29) is 29.7 Å². The molecule has 5 aliphatic carbocycles. The van der Waals surface area contributed by atoms with Gasteiger partial charge in [0.25, 0.3) is 0 Å². The van der Waals surface area contributed by atoms with Gasteiger partial charge >= 0.3 is 0 Å². The molecule has 6 atom stereocenters. The van der Waals surface area contributed by atoms with Crippen molar-refractivity contribution in [3.63, 3.8) is 0 Å². The Morgan fingerprint density at radius 1 is 0.850 bits per heavy atom. The van der Waals surface area contributed by atoms with Crippen LogP contribution in [0.25, 0.3) is 0 Å². The highest BCUT2D eigenvalue weighted by molar-refractivity contribution is 6.06. The predicted octanol–water partition coefficient (Wildman–Crippen LogP) is 2.37. The van der Waals surface area contributed by atoms with E-state index < -0.39 is 0 Å². The molecule has 0 unspecified atom stereocenters. The van der Waals surface area contributed by atoms with Gasteiger partial charge < -0.3 is 0 Å². The largest absolute Gasteiger partial charge is 0.279 e. The van der Waals surface area contributed by atoms with Crippen molar-refractivity contribution in [2.75, 3.05) is 0 Å². The minimum atomic E-state index is 0.00294. The first-order chi connectivity index (χ1) is 9.77. The molecular weight excluding hydrogens is 250 g/mol. The van der Waals surface area contributed by atoms with Crippen molar-refractivity contribution in [1.29, 1.82) is 0 Å². The van der Waals surface area contributed by atoms with Gasteiger partial charge in [-0.1, -0.05) is 31.4 Å². The van der Waals surface area contributed by atoms with E-state index in [4.69, 9.17) is 0 Å². The van der Waals surface area contributed by atoms with Gasteiger partial charge in [0, 0.05) is 6.04 Å². The molecule has 0 spiro atoms. The first kappa shape index (κ1) is 11.5. The van der Waals surface area contributed by atoms with Gasteiger partial charge in [-0.3, -0.25) is 14.5 Å². The third-order valence-corrected chi connectivity index (χ3v) is 6.64. The third-order valence-electron chi connectivity index (χ3n) is 6.64. The molecule has 0 aromatic heterocycles. The van der Waals surface area contributed by atoms with Crippen molar-refractivity contribution in [2.45, 2.75) is 44.6 Å². The maximum atomic E-state index is 12.9. The van der Waals surface area contributed by atoms with Crippen molar-refractivity contribution in [3.8, 4) is 0 Å². The van der Waals surface area contributed by atoms with E-state index in [0.717, 1.165) is 12.8 Å². The molecule has 0 N–H and O–H groups in total. The van der Waals surface area contributed by atoms with E-state index in [1.807, 2.05) is 0 Å². The number of hydrogen-bond acceptors (Lipinski definition) is 2. The van der Waals surface area contributed by atoms with Gasteiger partial charge in [-0.05, 0) is 42.9 Å². The number of carbonyl (C=O) groups excluding carboxylic acids is 2. The SMILES string of the molecule is O=C1[C@@H]2[C@@H]3C=C[C@@H]([C@H]4C[C@@H]34)[C@@H]2C(=O)N1C1CCCCC1. The highest BCUT2D eigenvalue weighted by Crippen LogP contribution is 2.65. The molecule has 2 amide bonds. The molecule has 1 heterocycles. The number of allylic oxidation sites excluding steroid dienone is 2. The number of imide groups is 1. The Labute approximate surface area is 119 Å². The van der Waals surface area contributed by atoms with Crippen molar-refractivity contribution >= 4 is 11.8 Å². The molecule has 0 aromatic rings. The minimum absolute atomic E-state index is 0.00294. The average molecular weight is 271 g/mol. The second-order valence-electron chi connectivity index (χ2n) is 7.49. The van der Waals surface area contributed by atoms with E-state index in [9.17, 15) is 9.59 Å². The van der Waals surface area contributed by atoms with E-state index in [1.165, 1.54) is 25.7 Å². The Balaban J connectivity index is 1.50. The summed E-state index contributed by atoms with van der Waals surface area (Å²) in [5, 5.41) is 0. The lowest BCUT2D eigenvalue weighted by Gasteiger charge is -2.37. The molecular formula is C17H21NO2. The van der Waals surface area contributed by atoms with Crippen LogP contribution in [0.4, 0.5) is 0 Å². The topological polar surface area (TPSA) is 37.4 Å². The first-order valence-electron chi connectivity index (χ1n) is 8.32. The Hall–Kier alpha value is -1.12. The zero-order valence-corrected chi connectivity index (χ0v) is 11.7. The Kier molecular flexibility index (Phi) is 2.16. The van der Waals surface area contributed by atoms with Crippen LogP contribution in [-0.4, -0.2) is 22.8 Å². The average Bonchev–Trinajstić information content (AvgIpc) is 3.25. The second kappa shape index (κ2) is 3.75. The molecule has 3 nitrogen and oxygen atoms in total.